The molecule has 0 saturated carbocycles. The Labute approximate surface area is 192 Å². The molecule has 180 valence electrons. The van der Waals surface area contributed by atoms with Gasteiger partial charge < -0.3 is 20.3 Å². The van der Waals surface area contributed by atoms with Crippen molar-refractivity contribution in [3.63, 3.8) is 0 Å². The second-order valence-corrected chi connectivity index (χ2v) is 8.07. The summed E-state index contributed by atoms with van der Waals surface area (Å²) < 4.78 is 41.8. The lowest BCUT2D eigenvalue weighted by Crippen LogP contribution is -2.64. The van der Waals surface area contributed by atoms with E-state index in [9.17, 15) is 27.6 Å². The summed E-state index contributed by atoms with van der Waals surface area (Å²) in [5.41, 5.74) is 4.06. The first kappa shape index (κ1) is 26.1. The predicted octanol–water partition coefficient (Wildman–Crippen LogP) is 2.13. The van der Waals surface area contributed by atoms with Gasteiger partial charge in [0.2, 0.25) is 5.91 Å². The van der Waals surface area contributed by atoms with Gasteiger partial charge in [-0.25, -0.2) is 14.6 Å². The minimum absolute atomic E-state index is 0.0460. The molecule has 2 rings (SSSR count). The molecular weight excluding hydrogens is 467 g/mol. The summed E-state index contributed by atoms with van der Waals surface area (Å²) in [6.45, 7) is 5.61. The van der Waals surface area contributed by atoms with Gasteiger partial charge in [-0.05, 0) is 12.0 Å². The van der Waals surface area contributed by atoms with Crippen LogP contribution in [0.1, 0.15) is 36.7 Å². The number of halogens is 4. The van der Waals surface area contributed by atoms with Crippen molar-refractivity contribution >= 4 is 35.3 Å². The molecule has 1 heterocycles. The molecule has 13 heteroatoms. The summed E-state index contributed by atoms with van der Waals surface area (Å²) in [5, 5.41) is 5.30. The van der Waals surface area contributed by atoms with Crippen LogP contribution in [0.3, 0.4) is 0 Å². The van der Waals surface area contributed by atoms with E-state index in [0.717, 1.165) is 6.07 Å². The fourth-order valence-corrected chi connectivity index (χ4v) is 3.39. The van der Waals surface area contributed by atoms with E-state index in [1.165, 1.54) is 25.1 Å². The fourth-order valence-electron chi connectivity index (χ4n) is 3.12. The zero-order valence-corrected chi connectivity index (χ0v) is 19.0. The van der Waals surface area contributed by atoms with Crippen LogP contribution >= 0.6 is 11.6 Å². The minimum atomic E-state index is -5.38. The van der Waals surface area contributed by atoms with Gasteiger partial charge in [-0.2, -0.15) is 13.2 Å². The van der Waals surface area contributed by atoms with Crippen LogP contribution in [0.4, 0.5) is 13.2 Å². The minimum Gasteiger partial charge on any atom is -0.383 e. The van der Waals surface area contributed by atoms with E-state index in [4.69, 9.17) is 17.3 Å². The number of hydrogen-bond acceptors (Lipinski definition) is 8. The first-order chi connectivity index (χ1) is 15.2. The Morgan fingerprint density at radius 2 is 1.91 bits per heavy atom. The van der Waals surface area contributed by atoms with Crippen molar-refractivity contribution < 1.29 is 32.3 Å². The van der Waals surface area contributed by atoms with E-state index in [1.54, 1.807) is 11.9 Å². The van der Waals surface area contributed by atoms with E-state index < -0.39 is 35.2 Å². The van der Waals surface area contributed by atoms with Crippen LogP contribution in [0.15, 0.2) is 40.2 Å². The molecular formula is C20H23ClF3N5O4. The van der Waals surface area contributed by atoms with E-state index in [-0.39, 0.29) is 28.3 Å². The summed E-state index contributed by atoms with van der Waals surface area (Å²) in [4.78, 5) is 41.3. The molecule has 0 aromatic heterocycles. The monoisotopic (exact) mass is 489 g/mol. The molecule has 0 radical (unpaired) electrons. The molecule has 0 spiro atoms. The maximum Gasteiger partial charge on any atom is 0.491 e. The van der Waals surface area contributed by atoms with E-state index in [2.05, 4.69) is 20.4 Å². The molecule has 0 aliphatic carbocycles. The van der Waals surface area contributed by atoms with Gasteiger partial charge in [-0.15, -0.1) is 0 Å². The zero-order chi connectivity index (χ0) is 25.1. The third kappa shape index (κ3) is 6.02. The van der Waals surface area contributed by atoms with Gasteiger partial charge in [0.25, 0.3) is 0 Å². The summed E-state index contributed by atoms with van der Waals surface area (Å²) in [7, 11) is 1.70. The van der Waals surface area contributed by atoms with Crippen LogP contribution in [0.2, 0.25) is 0 Å². The Bertz CT molecular complexity index is 1030. The number of aliphatic imine (C=N–C) groups is 1. The molecule has 1 aromatic carbocycles. The smallest absolute Gasteiger partial charge is 0.383 e. The van der Waals surface area contributed by atoms with Crippen LogP contribution in [0.5, 0.6) is 0 Å². The first-order valence-electron chi connectivity index (χ1n) is 9.64. The Morgan fingerprint density at radius 3 is 2.45 bits per heavy atom. The molecule has 0 fully saturated rings. The highest BCUT2D eigenvalue weighted by Gasteiger charge is 2.45. The summed E-state index contributed by atoms with van der Waals surface area (Å²) in [5.74, 6) is -4.60. The summed E-state index contributed by atoms with van der Waals surface area (Å²) in [6, 6.07) is 5.24. The third-order valence-corrected chi connectivity index (χ3v) is 4.66. The fraction of sp³-hybridized carbons (Fsp3) is 0.400. The Kier molecular flexibility index (Phi) is 7.75. The molecule has 0 saturated heterocycles. The number of hydrogen-bond donors (Lipinski definition) is 3. The number of amides is 1. The number of nitrogens with one attached hydrogen (secondary N) is 2. The van der Waals surface area contributed by atoms with Gasteiger partial charge in [0, 0.05) is 26.1 Å². The van der Waals surface area contributed by atoms with Crippen LogP contribution in [0.25, 0.3) is 0 Å². The van der Waals surface area contributed by atoms with Gasteiger partial charge in [-0.3, -0.25) is 10.5 Å². The average molecular weight is 490 g/mol. The van der Waals surface area contributed by atoms with Crippen molar-refractivity contribution in [3.8, 4) is 0 Å². The number of nitrogens with zero attached hydrogens (tertiary/aromatic N) is 2. The Hall–Kier alpha value is -3.12. The summed E-state index contributed by atoms with van der Waals surface area (Å²) >= 11 is 6.30. The lowest BCUT2D eigenvalue weighted by atomic mass is 9.92. The maximum absolute atomic E-state index is 12.6. The highest BCUT2D eigenvalue weighted by molar-refractivity contribution is 6.31. The van der Waals surface area contributed by atoms with E-state index in [1.807, 2.05) is 13.8 Å². The molecule has 33 heavy (non-hydrogen) atoms. The lowest BCUT2D eigenvalue weighted by molar-refractivity contribution is -0.193. The normalized spacial score (nSPS) is 18.4. The molecule has 1 aromatic rings. The number of carbonyl (C=O) groups excluding carboxylic acids is 3. The van der Waals surface area contributed by atoms with Crippen LogP contribution < -0.4 is 16.4 Å². The van der Waals surface area contributed by atoms with Crippen LogP contribution in [-0.2, 0) is 20.0 Å². The van der Waals surface area contributed by atoms with Gasteiger partial charge in [0.15, 0.2) is 16.7 Å². The average Bonchev–Trinajstić information content (AvgIpc) is 2.68. The Balaban J connectivity index is 2.59. The second kappa shape index (κ2) is 9.79. The highest BCUT2D eigenvalue weighted by atomic mass is 35.5. The van der Waals surface area contributed by atoms with Crippen molar-refractivity contribution in [2.75, 3.05) is 13.6 Å². The summed E-state index contributed by atoms with van der Waals surface area (Å²) in [6.07, 6.45) is -5.38. The highest BCUT2D eigenvalue weighted by Crippen LogP contribution is 2.30. The lowest BCUT2D eigenvalue weighted by Gasteiger charge is -2.40. The number of rotatable bonds is 5. The molecule has 1 aliphatic heterocycles. The maximum atomic E-state index is 12.6. The second-order valence-electron chi connectivity index (χ2n) is 7.71. The molecule has 1 atom stereocenters. The van der Waals surface area contributed by atoms with Crippen molar-refractivity contribution in [1.82, 2.24) is 15.5 Å². The largest absolute Gasteiger partial charge is 0.491 e. The van der Waals surface area contributed by atoms with Gasteiger partial charge >= 0.3 is 18.1 Å². The topological polar surface area (TPSA) is 126 Å². The van der Waals surface area contributed by atoms with Gasteiger partial charge in [0.1, 0.15) is 5.82 Å². The SMILES string of the molecule is CC(=O)NC1=NC(Cl)=C(N(C)CC(C)C)NC1(N)c1ccccc1C(=O)OC(=O)C(F)(F)F. The number of ether oxygens (including phenoxy) is 1. The molecule has 1 amide bonds. The van der Waals surface area contributed by atoms with Crippen molar-refractivity contribution in [2.24, 2.45) is 16.6 Å². The molecule has 9 nitrogen and oxygen atoms in total. The van der Waals surface area contributed by atoms with E-state index in [0.29, 0.717) is 6.54 Å². The van der Waals surface area contributed by atoms with Crippen LogP contribution in [-0.4, -0.2) is 48.4 Å². The molecule has 0 bridgehead atoms. The number of alkyl halides is 3. The third-order valence-electron chi connectivity index (χ3n) is 4.40. The zero-order valence-electron chi connectivity index (χ0n) is 18.2. The van der Waals surface area contributed by atoms with Gasteiger partial charge in [-0.1, -0.05) is 43.6 Å². The first-order valence-corrected chi connectivity index (χ1v) is 10.0. The predicted molar refractivity (Wildman–Crippen MR) is 114 cm³/mol. The van der Waals surface area contributed by atoms with Crippen molar-refractivity contribution in [1.29, 1.82) is 0 Å². The number of esters is 2. The standard InChI is InChI=1S/C20H23ClF3N5O4/c1-10(2)9-29(4)15-14(21)27-17(26-11(3)30)19(25,28-15)13-8-6-5-7-12(13)16(31)33-18(32)20(22,23)24/h5-8,10,28H,9,25H2,1-4H3,(H,26,27,30). The van der Waals surface area contributed by atoms with Crippen LogP contribution in [0, 0.1) is 5.92 Å². The van der Waals surface area contributed by atoms with Crippen molar-refractivity contribution in [3.05, 3.63) is 46.4 Å². The van der Waals surface area contributed by atoms with E-state index >= 15 is 0 Å². The molecule has 1 aliphatic rings. The molecule has 1 unspecified atom stereocenters. The molecule has 4 N–H and O–H groups in total. The number of benzene rings is 1. The Morgan fingerprint density at radius 1 is 1.30 bits per heavy atom. The number of nitrogens with two attached hydrogens (primary N) is 1. The number of amidine groups is 1. The van der Waals surface area contributed by atoms with Crippen molar-refractivity contribution in [2.45, 2.75) is 32.6 Å². The quantitative estimate of drug-likeness (QED) is 0.328. The number of carbonyl (C=O) groups is 3. The van der Waals surface area contributed by atoms with Gasteiger partial charge in [0.05, 0.1) is 5.56 Å².